The summed E-state index contributed by atoms with van der Waals surface area (Å²) in [5.41, 5.74) is -1.24. The van der Waals surface area contributed by atoms with Gasteiger partial charge in [-0.05, 0) is 12.8 Å². The average Bonchev–Trinajstić information content (AvgIpc) is 2.79. The lowest BCUT2D eigenvalue weighted by atomic mass is 9.77. The van der Waals surface area contributed by atoms with Gasteiger partial charge in [0.15, 0.2) is 5.79 Å². The van der Waals surface area contributed by atoms with Crippen LogP contribution in [0.2, 0.25) is 0 Å². The number of alkyl halides is 2. The first-order chi connectivity index (χ1) is 7.58. The maximum Gasteiger partial charge on any atom is 0.278 e. The standard InChI is InChI=1S/C11H16F2O3/c12-11(13)5-6-14-9(11)1-3-10(4-2-9)15-7-8-16-10/h1-8H2. The molecule has 2 spiro atoms. The SMILES string of the molecule is FC1(F)CCOC12CCC1(CC2)OCCO1. The quantitative estimate of drug-likeness (QED) is 0.642. The smallest absolute Gasteiger partial charge is 0.278 e. The van der Waals surface area contributed by atoms with Gasteiger partial charge in [-0.25, -0.2) is 8.78 Å². The lowest BCUT2D eigenvalue weighted by Crippen LogP contribution is -2.51. The molecule has 0 bridgehead atoms. The van der Waals surface area contributed by atoms with Crippen molar-refractivity contribution >= 4 is 0 Å². The van der Waals surface area contributed by atoms with E-state index in [1.807, 2.05) is 0 Å². The van der Waals surface area contributed by atoms with Crippen LogP contribution < -0.4 is 0 Å². The zero-order chi connectivity index (χ0) is 11.3. The molecule has 3 rings (SSSR count). The van der Waals surface area contributed by atoms with Gasteiger partial charge in [-0.15, -0.1) is 0 Å². The highest BCUT2D eigenvalue weighted by Gasteiger charge is 2.62. The molecule has 0 N–H and O–H groups in total. The molecule has 3 nitrogen and oxygen atoms in total. The van der Waals surface area contributed by atoms with Crippen molar-refractivity contribution in [3.63, 3.8) is 0 Å². The molecule has 1 aliphatic carbocycles. The van der Waals surface area contributed by atoms with E-state index in [1.54, 1.807) is 0 Å². The first-order valence-corrected chi connectivity index (χ1v) is 5.87. The Morgan fingerprint density at radius 2 is 1.31 bits per heavy atom. The first kappa shape index (κ1) is 10.9. The van der Waals surface area contributed by atoms with Gasteiger partial charge in [0.1, 0.15) is 5.60 Å². The third-order valence-corrected chi connectivity index (χ3v) is 4.09. The van der Waals surface area contributed by atoms with Crippen LogP contribution in [0.5, 0.6) is 0 Å². The fraction of sp³-hybridized carbons (Fsp3) is 1.00. The summed E-state index contributed by atoms with van der Waals surface area (Å²) in [4.78, 5) is 0. The summed E-state index contributed by atoms with van der Waals surface area (Å²) in [6, 6.07) is 0. The molecule has 1 saturated carbocycles. The highest BCUT2D eigenvalue weighted by atomic mass is 19.3. The van der Waals surface area contributed by atoms with Gasteiger partial charge in [-0.1, -0.05) is 0 Å². The molecular formula is C11H16F2O3. The van der Waals surface area contributed by atoms with Gasteiger partial charge in [0.05, 0.1) is 19.8 Å². The molecule has 0 unspecified atom stereocenters. The topological polar surface area (TPSA) is 27.7 Å². The maximum absolute atomic E-state index is 13.8. The summed E-state index contributed by atoms with van der Waals surface area (Å²) in [5.74, 6) is -3.28. The van der Waals surface area contributed by atoms with E-state index in [4.69, 9.17) is 14.2 Å². The van der Waals surface area contributed by atoms with E-state index in [0.29, 0.717) is 38.9 Å². The minimum absolute atomic E-state index is 0.151. The Labute approximate surface area is 93.0 Å². The summed E-state index contributed by atoms with van der Waals surface area (Å²) < 4.78 is 43.9. The van der Waals surface area contributed by atoms with Gasteiger partial charge in [0.25, 0.3) is 5.92 Å². The molecule has 0 aromatic rings. The third-order valence-electron chi connectivity index (χ3n) is 4.09. The summed E-state index contributed by atoms with van der Waals surface area (Å²) in [6.45, 7) is 1.32. The molecule has 0 aromatic heterocycles. The second-order valence-corrected chi connectivity index (χ2v) is 4.90. The van der Waals surface area contributed by atoms with Gasteiger partial charge in [-0.3, -0.25) is 0 Å². The zero-order valence-electron chi connectivity index (χ0n) is 9.14. The van der Waals surface area contributed by atoms with Gasteiger partial charge < -0.3 is 14.2 Å². The zero-order valence-corrected chi connectivity index (χ0v) is 9.14. The van der Waals surface area contributed by atoms with Crippen LogP contribution >= 0.6 is 0 Å². The largest absolute Gasteiger partial charge is 0.368 e. The molecule has 5 heteroatoms. The van der Waals surface area contributed by atoms with Crippen LogP contribution in [0.25, 0.3) is 0 Å². The minimum atomic E-state index is -2.69. The van der Waals surface area contributed by atoms with Gasteiger partial charge in [0, 0.05) is 19.3 Å². The van der Waals surface area contributed by atoms with Gasteiger partial charge in [-0.2, -0.15) is 0 Å². The summed E-state index contributed by atoms with van der Waals surface area (Å²) in [5, 5.41) is 0. The Morgan fingerprint density at radius 1 is 0.688 bits per heavy atom. The monoisotopic (exact) mass is 234 g/mol. The fourth-order valence-corrected chi connectivity index (χ4v) is 3.04. The molecule has 2 heterocycles. The van der Waals surface area contributed by atoms with Crippen molar-refractivity contribution in [3.8, 4) is 0 Å². The molecule has 2 saturated heterocycles. The van der Waals surface area contributed by atoms with E-state index in [0.717, 1.165) is 0 Å². The van der Waals surface area contributed by atoms with Crippen molar-refractivity contribution in [1.29, 1.82) is 0 Å². The number of rotatable bonds is 0. The Bertz CT molecular complexity index is 277. The van der Waals surface area contributed by atoms with Crippen LogP contribution in [-0.4, -0.2) is 37.1 Å². The molecule has 92 valence electrons. The van der Waals surface area contributed by atoms with Crippen LogP contribution in [0.15, 0.2) is 0 Å². The highest BCUT2D eigenvalue weighted by molar-refractivity contribution is 5.04. The van der Waals surface area contributed by atoms with Crippen molar-refractivity contribution < 1.29 is 23.0 Å². The van der Waals surface area contributed by atoms with E-state index in [-0.39, 0.29) is 13.0 Å². The van der Waals surface area contributed by atoms with Crippen molar-refractivity contribution in [2.24, 2.45) is 0 Å². The average molecular weight is 234 g/mol. The van der Waals surface area contributed by atoms with E-state index >= 15 is 0 Å². The molecule has 3 aliphatic rings. The Balaban J connectivity index is 1.74. The van der Waals surface area contributed by atoms with Crippen LogP contribution in [0.1, 0.15) is 32.1 Å². The minimum Gasteiger partial charge on any atom is -0.368 e. The van der Waals surface area contributed by atoms with Crippen molar-refractivity contribution in [3.05, 3.63) is 0 Å². The molecule has 0 amide bonds. The van der Waals surface area contributed by atoms with Crippen molar-refractivity contribution in [1.82, 2.24) is 0 Å². The van der Waals surface area contributed by atoms with Crippen LogP contribution in [-0.2, 0) is 14.2 Å². The number of halogens is 2. The molecule has 2 aliphatic heterocycles. The third kappa shape index (κ3) is 1.41. The molecule has 0 atom stereocenters. The van der Waals surface area contributed by atoms with Gasteiger partial charge >= 0.3 is 0 Å². The number of hydrogen-bond acceptors (Lipinski definition) is 3. The summed E-state index contributed by atoms with van der Waals surface area (Å²) in [6.07, 6.45) is 1.55. The molecule has 0 aromatic carbocycles. The lowest BCUT2D eigenvalue weighted by molar-refractivity contribution is -0.235. The number of hydrogen-bond donors (Lipinski definition) is 0. The van der Waals surface area contributed by atoms with Gasteiger partial charge in [0.2, 0.25) is 0 Å². The second kappa shape index (κ2) is 3.37. The molecule has 16 heavy (non-hydrogen) atoms. The lowest BCUT2D eigenvalue weighted by Gasteiger charge is -2.43. The van der Waals surface area contributed by atoms with E-state index in [2.05, 4.69) is 0 Å². The molecule has 3 fully saturated rings. The van der Waals surface area contributed by atoms with E-state index in [1.165, 1.54) is 0 Å². The number of ether oxygens (including phenoxy) is 3. The van der Waals surface area contributed by atoms with Crippen LogP contribution in [0.4, 0.5) is 8.78 Å². The Morgan fingerprint density at radius 3 is 1.81 bits per heavy atom. The fourth-order valence-electron chi connectivity index (χ4n) is 3.04. The summed E-state index contributed by atoms with van der Waals surface area (Å²) >= 11 is 0. The van der Waals surface area contributed by atoms with E-state index in [9.17, 15) is 8.78 Å². The molecular weight excluding hydrogens is 218 g/mol. The maximum atomic E-state index is 13.8. The van der Waals surface area contributed by atoms with Crippen LogP contribution in [0.3, 0.4) is 0 Å². The van der Waals surface area contributed by atoms with Crippen LogP contribution in [0, 0.1) is 0 Å². The Kier molecular flexibility index (Phi) is 2.29. The second-order valence-electron chi connectivity index (χ2n) is 4.90. The summed E-state index contributed by atoms with van der Waals surface area (Å²) in [7, 11) is 0. The van der Waals surface area contributed by atoms with Crippen molar-refractivity contribution in [2.75, 3.05) is 19.8 Å². The molecule has 0 radical (unpaired) electrons. The van der Waals surface area contributed by atoms with Crippen molar-refractivity contribution in [2.45, 2.75) is 49.4 Å². The normalized spacial score (nSPS) is 34.9. The predicted octanol–water partition coefficient (Wildman–Crippen LogP) is 2.10. The first-order valence-electron chi connectivity index (χ1n) is 5.87. The van der Waals surface area contributed by atoms with E-state index < -0.39 is 17.3 Å². The Hall–Kier alpha value is -0.260. The highest BCUT2D eigenvalue weighted by Crippen LogP contribution is 2.52. The predicted molar refractivity (Wildman–Crippen MR) is 51.4 cm³/mol.